The fourth-order valence-corrected chi connectivity index (χ4v) is 3.33. The third kappa shape index (κ3) is 2.69. The third-order valence-corrected chi connectivity index (χ3v) is 4.59. The predicted molar refractivity (Wildman–Crippen MR) is 88.2 cm³/mol. The Hall–Kier alpha value is -2.38. The molecule has 0 saturated heterocycles. The molecule has 0 amide bonds. The van der Waals surface area contributed by atoms with Gasteiger partial charge in [-0.3, -0.25) is 0 Å². The zero-order chi connectivity index (χ0) is 15.6. The highest BCUT2D eigenvalue weighted by molar-refractivity contribution is 7.11. The number of hydrogen-bond acceptors (Lipinski definition) is 6. The lowest BCUT2D eigenvalue weighted by atomic mass is 10.1. The molecule has 0 aliphatic carbocycles. The topological polar surface area (TPSA) is 76.1 Å². The van der Waals surface area contributed by atoms with Crippen molar-refractivity contribution in [1.29, 1.82) is 0 Å². The van der Waals surface area contributed by atoms with Gasteiger partial charge in [0, 0.05) is 13.0 Å². The summed E-state index contributed by atoms with van der Waals surface area (Å²) in [4.78, 5) is 5.71. The standard InChI is InChI=1S/C16H16N4O2S/c21-7-1-6-15-18-16-17-11(14-5-3-9-23-14)10-12(20(16)19-15)13-4-2-8-22-13/h2-5,8-10,12,21H,1,6-7H2,(H,17,18,19)/t12-/m0/s1. The highest BCUT2D eigenvalue weighted by Crippen LogP contribution is 2.34. The average Bonchev–Trinajstić information content (AvgIpc) is 3.32. The van der Waals surface area contributed by atoms with Crippen LogP contribution in [-0.4, -0.2) is 26.5 Å². The van der Waals surface area contributed by atoms with Crippen molar-refractivity contribution in [2.24, 2.45) is 0 Å². The minimum atomic E-state index is -0.131. The van der Waals surface area contributed by atoms with Gasteiger partial charge in [0.1, 0.15) is 11.8 Å². The van der Waals surface area contributed by atoms with Crippen molar-refractivity contribution in [3.63, 3.8) is 0 Å². The molecular formula is C16H16N4O2S. The lowest BCUT2D eigenvalue weighted by Gasteiger charge is -2.21. The number of fused-ring (bicyclic) bond motifs is 1. The van der Waals surface area contributed by atoms with E-state index in [-0.39, 0.29) is 12.6 Å². The van der Waals surface area contributed by atoms with E-state index in [2.05, 4.69) is 27.5 Å². The van der Waals surface area contributed by atoms with Crippen molar-refractivity contribution in [3.8, 4) is 0 Å². The summed E-state index contributed by atoms with van der Waals surface area (Å²) < 4.78 is 7.42. The number of aliphatic hydroxyl groups excluding tert-OH is 1. The van der Waals surface area contributed by atoms with E-state index < -0.39 is 0 Å². The Kier molecular flexibility index (Phi) is 3.72. The Morgan fingerprint density at radius 1 is 1.35 bits per heavy atom. The Bertz CT molecular complexity index is 805. The van der Waals surface area contributed by atoms with Crippen molar-refractivity contribution in [1.82, 2.24) is 14.8 Å². The van der Waals surface area contributed by atoms with Crippen molar-refractivity contribution in [2.75, 3.05) is 11.9 Å². The molecule has 1 aliphatic rings. The van der Waals surface area contributed by atoms with Crippen LogP contribution < -0.4 is 5.32 Å². The summed E-state index contributed by atoms with van der Waals surface area (Å²) in [6.45, 7) is 0.137. The molecule has 6 nitrogen and oxygen atoms in total. The molecule has 4 heterocycles. The molecule has 0 fully saturated rings. The van der Waals surface area contributed by atoms with Gasteiger partial charge in [-0.25, -0.2) is 4.68 Å². The first-order valence-electron chi connectivity index (χ1n) is 7.47. The maximum absolute atomic E-state index is 9.00. The predicted octanol–water partition coefficient (Wildman–Crippen LogP) is 2.91. The minimum Gasteiger partial charge on any atom is -0.467 e. The zero-order valence-electron chi connectivity index (χ0n) is 12.3. The van der Waals surface area contributed by atoms with Crippen LogP contribution in [0.15, 0.2) is 46.4 Å². The molecule has 3 aromatic rings. The molecule has 3 aromatic heterocycles. The summed E-state index contributed by atoms with van der Waals surface area (Å²) in [6, 6.07) is 7.78. The molecule has 1 aliphatic heterocycles. The number of rotatable bonds is 5. The smallest absolute Gasteiger partial charge is 0.226 e. The highest BCUT2D eigenvalue weighted by Gasteiger charge is 2.27. The minimum absolute atomic E-state index is 0.131. The van der Waals surface area contributed by atoms with E-state index in [1.165, 1.54) is 0 Å². The van der Waals surface area contributed by atoms with Crippen molar-refractivity contribution in [3.05, 3.63) is 58.4 Å². The van der Waals surface area contributed by atoms with Gasteiger partial charge in [0.15, 0.2) is 5.82 Å². The molecule has 23 heavy (non-hydrogen) atoms. The highest BCUT2D eigenvalue weighted by atomic mass is 32.1. The van der Waals surface area contributed by atoms with E-state index in [1.807, 2.05) is 28.3 Å². The maximum Gasteiger partial charge on any atom is 0.226 e. The number of aryl methyl sites for hydroxylation is 1. The van der Waals surface area contributed by atoms with E-state index in [4.69, 9.17) is 9.52 Å². The summed E-state index contributed by atoms with van der Waals surface area (Å²) in [6.07, 6.45) is 5.07. The summed E-state index contributed by atoms with van der Waals surface area (Å²) in [5.41, 5.74) is 1.01. The Balaban J connectivity index is 1.74. The molecule has 0 spiro atoms. The lowest BCUT2D eigenvalue weighted by molar-refractivity contribution is 0.287. The summed E-state index contributed by atoms with van der Waals surface area (Å²) in [5.74, 6) is 2.24. The van der Waals surface area contributed by atoms with Crippen molar-refractivity contribution >= 4 is 23.0 Å². The lowest BCUT2D eigenvalue weighted by Crippen LogP contribution is -2.19. The normalized spacial score (nSPS) is 16.7. The van der Waals surface area contributed by atoms with Crippen LogP contribution in [0.2, 0.25) is 0 Å². The van der Waals surface area contributed by atoms with Crippen LogP contribution in [0.1, 0.15) is 28.9 Å². The second-order valence-electron chi connectivity index (χ2n) is 5.27. The number of allylic oxidation sites excluding steroid dienone is 1. The molecule has 0 saturated carbocycles. The molecule has 0 unspecified atom stereocenters. The quantitative estimate of drug-likeness (QED) is 0.753. The monoisotopic (exact) mass is 328 g/mol. The van der Waals surface area contributed by atoms with E-state index >= 15 is 0 Å². The zero-order valence-corrected chi connectivity index (χ0v) is 13.2. The van der Waals surface area contributed by atoms with Gasteiger partial charge in [-0.2, -0.15) is 10.1 Å². The summed E-state index contributed by atoms with van der Waals surface area (Å²) in [7, 11) is 0. The third-order valence-electron chi connectivity index (χ3n) is 3.69. The van der Waals surface area contributed by atoms with Gasteiger partial charge in [-0.15, -0.1) is 11.3 Å². The molecule has 7 heteroatoms. The van der Waals surface area contributed by atoms with Crippen LogP contribution in [0.25, 0.3) is 5.70 Å². The van der Waals surface area contributed by atoms with Crippen LogP contribution >= 0.6 is 11.3 Å². The second kappa shape index (κ2) is 6.02. The number of hydrogen-bond donors (Lipinski definition) is 2. The fraction of sp³-hybridized carbons (Fsp3) is 0.250. The van der Waals surface area contributed by atoms with Crippen molar-refractivity contribution in [2.45, 2.75) is 18.9 Å². The average molecular weight is 328 g/mol. The molecule has 0 bridgehead atoms. The molecule has 118 valence electrons. The Labute approximate surface area is 137 Å². The van der Waals surface area contributed by atoms with Gasteiger partial charge >= 0.3 is 0 Å². The largest absolute Gasteiger partial charge is 0.467 e. The van der Waals surface area contributed by atoms with E-state index in [0.717, 1.165) is 22.2 Å². The van der Waals surface area contributed by atoms with Gasteiger partial charge in [0.05, 0.1) is 16.8 Å². The molecule has 2 N–H and O–H groups in total. The molecule has 0 radical (unpaired) electrons. The Morgan fingerprint density at radius 2 is 2.30 bits per heavy atom. The number of aromatic nitrogens is 3. The SMILES string of the molecule is OCCCc1nc2n(n1)[C@H](c1ccco1)C=C(c1cccs1)N2. The number of nitrogens with zero attached hydrogens (tertiary/aromatic N) is 3. The van der Waals surface area contributed by atoms with Crippen LogP contribution in [-0.2, 0) is 6.42 Å². The van der Waals surface area contributed by atoms with Crippen LogP contribution in [0.3, 0.4) is 0 Å². The first-order chi connectivity index (χ1) is 11.3. The van der Waals surface area contributed by atoms with Gasteiger partial charge < -0.3 is 14.8 Å². The van der Waals surface area contributed by atoms with Crippen LogP contribution in [0, 0.1) is 0 Å². The van der Waals surface area contributed by atoms with E-state index in [0.29, 0.717) is 18.8 Å². The van der Waals surface area contributed by atoms with Gasteiger partial charge in [0.25, 0.3) is 0 Å². The Morgan fingerprint density at radius 3 is 3.04 bits per heavy atom. The van der Waals surface area contributed by atoms with Crippen LogP contribution in [0.4, 0.5) is 5.95 Å². The van der Waals surface area contributed by atoms with Gasteiger partial charge in [0.2, 0.25) is 5.95 Å². The summed E-state index contributed by atoms with van der Waals surface area (Å²) in [5, 5.41) is 19.0. The fourth-order valence-electron chi connectivity index (χ4n) is 2.62. The number of furan rings is 1. The van der Waals surface area contributed by atoms with Gasteiger partial charge in [-0.1, -0.05) is 6.07 Å². The molecular weight excluding hydrogens is 312 g/mol. The number of thiophene rings is 1. The number of aliphatic hydroxyl groups is 1. The van der Waals surface area contributed by atoms with Crippen molar-refractivity contribution < 1.29 is 9.52 Å². The molecule has 1 atom stereocenters. The second-order valence-corrected chi connectivity index (χ2v) is 6.21. The molecule has 4 rings (SSSR count). The number of anilines is 1. The first kappa shape index (κ1) is 14.2. The van der Waals surface area contributed by atoms with E-state index in [1.54, 1.807) is 17.6 Å². The number of nitrogens with one attached hydrogen (secondary N) is 1. The van der Waals surface area contributed by atoms with Gasteiger partial charge in [-0.05, 0) is 36.1 Å². The maximum atomic E-state index is 9.00. The van der Waals surface area contributed by atoms with Crippen LogP contribution in [0.5, 0.6) is 0 Å². The first-order valence-corrected chi connectivity index (χ1v) is 8.35. The summed E-state index contributed by atoms with van der Waals surface area (Å²) >= 11 is 1.67. The molecule has 0 aromatic carbocycles. The van der Waals surface area contributed by atoms with E-state index in [9.17, 15) is 0 Å².